The van der Waals surface area contributed by atoms with Gasteiger partial charge in [0.1, 0.15) is 11.9 Å². The molecular formula is C25H31N3O4S. The number of aromatic nitrogens is 3. The molecule has 1 saturated heterocycles. The monoisotopic (exact) mass is 469 g/mol. The SMILES string of the molecule is CC(C)Cc1ncc2c(OC3CCOCC3)ncc(-c3cccc(S(=O)(=O)C(C)C)c3)c2n1. The van der Waals surface area contributed by atoms with E-state index in [-0.39, 0.29) is 6.10 Å². The molecule has 0 unspecified atom stereocenters. The normalized spacial score (nSPS) is 15.5. The van der Waals surface area contributed by atoms with Crippen molar-refractivity contribution in [3.63, 3.8) is 0 Å². The minimum atomic E-state index is -3.40. The second-order valence-electron chi connectivity index (χ2n) is 9.17. The molecule has 0 atom stereocenters. The highest BCUT2D eigenvalue weighted by Crippen LogP contribution is 2.34. The minimum Gasteiger partial charge on any atom is -0.474 e. The molecule has 3 heterocycles. The molecule has 0 aliphatic carbocycles. The van der Waals surface area contributed by atoms with Crippen LogP contribution < -0.4 is 4.74 Å². The van der Waals surface area contributed by atoms with Gasteiger partial charge < -0.3 is 9.47 Å². The van der Waals surface area contributed by atoms with E-state index >= 15 is 0 Å². The van der Waals surface area contributed by atoms with Crippen LogP contribution in [0.15, 0.2) is 41.6 Å². The lowest BCUT2D eigenvalue weighted by Crippen LogP contribution is -2.26. The molecule has 0 spiro atoms. The van der Waals surface area contributed by atoms with Gasteiger partial charge >= 0.3 is 0 Å². The van der Waals surface area contributed by atoms with Gasteiger partial charge in [0.15, 0.2) is 9.84 Å². The molecule has 0 N–H and O–H groups in total. The van der Waals surface area contributed by atoms with E-state index < -0.39 is 15.1 Å². The number of hydrogen-bond acceptors (Lipinski definition) is 7. The van der Waals surface area contributed by atoms with E-state index in [2.05, 4.69) is 23.8 Å². The van der Waals surface area contributed by atoms with Crippen LogP contribution in [-0.4, -0.2) is 47.9 Å². The Kier molecular flexibility index (Phi) is 6.95. The van der Waals surface area contributed by atoms with E-state index in [0.29, 0.717) is 29.9 Å². The summed E-state index contributed by atoms with van der Waals surface area (Å²) in [7, 11) is -3.40. The van der Waals surface area contributed by atoms with E-state index in [4.69, 9.17) is 14.5 Å². The molecule has 1 aromatic carbocycles. The van der Waals surface area contributed by atoms with Crippen LogP contribution in [0, 0.1) is 5.92 Å². The van der Waals surface area contributed by atoms with Gasteiger partial charge in [-0.15, -0.1) is 0 Å². The Labute approximate surface area is 195 Å². The summed E-state index contributed by atoms with van der Waals surface area (Å²) in [6.07, 6.45) is 5.91. The van der Waals surface area contributed by atoms with Gasteiger partial charge in [0.05, 0.1) is 34.3 Å². The van der Waals surface area contributed by atoms with Gasteiger partial charge in [-0.25, -0.2) is 23.4 Å². The Morgan fingerprint density at radius 2 is 1.85 bits per heavy atom. The van der Waals surface area contributed by atoms with Gasteiger partial charge in [-0.2, -0.15) is 0 Å². The zero-order valence-electron chi connectivity index (χ0n) is 19.6. The number of ether oxygens (including phenoxy) is 2. The van der Waals surface area contributed by atoms with Gasteiger partial charge in [0.25, 0.3) is 0 Å². The molecule has 33 heavy (non-hydrogen) atoms. The molecule has 0 radical (unpaired) electrons. The molecule has 1 aliphatic rings. The first-order valence-corrected chi connectivity index (χ1v) is 13.0. The van der Waals surface area contributed by atoms with Crippen LogP contribution in [0.3, 0.4) is 0 Å². The maximum absolute atomic E-state index is 12.8. The Bertz CT molecular complexity index is 1240. The zero-order valence-corrected chi connectivity index (χ0v) is 20.4. The van der Waals surface area contributed by atoms with Crippen LogP contribution in [0.25, 0.3) is 22.0 Å². The van der Waals surface area contributed by atoms with Crippen molar-refractivity contribution in [3.8, 4) is 17.0 Å². The lowest BCUT2D eigenvalue weighted by Gasteiger charge is -2.23. The first-order chi connectivity index (χ1) is 15.8. The predicted octanol–water partition coefficient (Wildman–Crippen LogP) is 4.63. The van der Waals surface area contributed by atoms with Crippen molar-refractivity contribution in [2.45, 2.75) is 63.2 Å². The summed E-state index contributed by atoms with van der Waals surface area (Å²) in [5, 5.41) is 0.224. The van der Waals surface area contributed by atoms with Crippen LogP contribution in [0.5, 0.6) is 5.88 Å². The fourth-order valence-corrected chi connectivity index (χ4v) is 4.97. The summed E-state index contributed by atoms with van der Waals surface area (Å²) in [5.74, 6) is 1.65. The Hall–Kier alpha value is -2.58. The van der Waals surface area contributed by atoms with Gasteiger partial charge in [-0.3, -0.25) is 0 Å². The summed E-state index contributed by atoms with van der Waals surface area (Å²) in [6, 6.07) is 6.99. The molecule has 7 nitrogen and oxygen atoms in total. The van der Waals surface area contributed by atoms with Gasteiger partial charge in [-0.1, -0.05) is 26.0 Å². The molecule has 8 heteroatoms. The molecule has 1 aliphatic heterocycles. The summed E-state index contributed by atoms with van der Waals surface area (Å²) >= 11 is 0. The maximum Gasteiger partial charge on any atom is 0.224 e. The zero-order chi connectivity index (χ0) is 23.6. The number of fused-ring (bicyclic) bond motifs is 1. The minimum absolute atomic E-state index is 0.0372. The third kappa shape index (κ3) is 5.17. The van der Waals surface area contributed by atoms with Gasteiger partial charge in [0, 0.05) is 37.2 Å². The van der Waals surface area contributed by atoms with Crippen LogP contribution in [-0.2, 0) is 21.0 Å². The fourth-order valence-electron chi connectivity index (χ4n) is 3.87. The van der Waals surface area contributed by atoms with Crippen molar-refractivity contribution in [2.75, 3.05) is 13.2 Å². The highest BCUT2D eigenvalue weighted by atomic mass is 32.2. The lowest BCUT2D eigenvalue weighted by atomic mass is 10.0. The predicted molar refractivity (Wildman–Crippen MR) is 128 cm³/mol. The first kappa shape index (κ1) is 23.6. The Balaban J connectivity index is 1.83. The summed E-state index contributed by atoms with van der Waals surface area (Å²) in [5.41, 5.74) is 2.23. The maximum atomic E-state index is 12.8. The number of hydrogen-bond donors (Lipinski definition) is 0. The second-order valence-corrected chi connectivity index (χ2v) is 11.7. The van der Waals surface area contributed by atoms with E-state index in [1.807, 2.05) is 6.07 Å². The highest BCUT2D eigenvalue weighted by molar-refractivity contribution is 7.92. The van der Waals surface area contributed by atoms with Gasteiger partial charge in [0.2, 0.25) is 5.88 Å². The molecule has 1 fully saturated rings. The molecular weight excluding hydrogens is 438 g/mol. The molecule has 2 aromatic heterocycles. The summed E-state index contributed by atoms with van der Waals surface area (Å²) in [6.45, 7) is 8.97. The van der Waals surface area contributed by atoms with Gasteiger partial charge in [-0.05, 0) is 37.5 Å². The molecule has 4 rings (SSSR count). The number of nitrogens with zero attached hydrogens (tertiary/aromatic N) is 3. The van der Waals surface area contributed by atoms with Crippen LogP contribution in [0.4, 0.5) is 0 Å². The lowest BCUT2D eigenvalue weighted by molar-refractivity contribution is 0.0244. The van der Waals surface area contributed by atoms with Crippen LogP contribution in [0.2, 0.25) is 0 Å². The van der Waals surface area contributed by atoms with Crippen molar-refractivity contribution >= 4 is 20.7 Å². The molecule has 0 amide bonds. The third-order valence-corrected chi connectivity index (χ3v) is 7.92. The average molecular weight is 470 g/mol. The van der Waals surface area contributed by atoms with E-state index in [1.165, 1.54) is 0 Å². The second kappa shape index (κ2) is 9.73. The van der Waals surface area contributed by atoms with Crippen molar-refractivity contribution in [1.29, 1.82) is 0 Å². The first-order valence-electron chi connectivity index (χ1n) is 11.5. The van der Waals surface area contributed by atoms with Crippen molar-refractivity contribution < 1.29 is 17.9 Å². The van der Waals surface area contributed by atoms with Crippen molar-refractivity contribution in [3.05, 3.63) is 42.5 Å². The molecule has 0 saturated carbocycles. The highest BCUT2D eigenvalue weighted by Gasteiger charge is 2.22. The average Bonchev–Trinajstić information content (AvgIpc) is 2.79. The topological polar surface area (TPSA) is 91.3 Å². The van der Waals surface area contributed by atoms with Crippen LogP contribution in [0.1, 0.15) is 46.4 Å². The third-order valence-electron chi connectivity index (χ3n) is 5.77. The van der Waals surface area contributed by atoms with Crippen molar-refractivity contribution in [1.82, 2.24) is 15.0 Å². The van der Waals surface area contributed by atoms with E-state index in [9.17, 15) is 8.42 Å². The molecule has 0 bridgehead atoms. The quantitative estimate of drug-likeness (QED) is 0.498. The Morgan fingerprint density at radius 1 is 1.09 bits per heavy atom. The standard InChI is InChI=1S/C25H31N3O4S/c1-16(2)12-23-26-15-22-24(28-23)21(14-27-25(22)32-19-8-10-31-11-9-19)18-6-5-7-20(13-18)33(29,30)17(3)4/h5-7,13-17,19H,8-12H2,1-4H3. The molecule has 3 aromatic rings. The number of rotatable bonds is 7. The van der Waals surface area contributed by atoms with E-state index in [0.717, 1.165) is 47.1 Å². The van der Waals surface area contributed by atoms with Crippen molar-refractivity contribution in [2.24, 2.45) is 5.92 Å². The summed E-state index contributed by atoms with van der Waals surface area (Å²) < 4.78 is 37.2. The number of sulfone groups is 1. The van der Waals surface area contributed by atoms with E-state index in [1.54, 1.807) is 44.4 Å². The number of pyridine rings is 1. The number of benzene rings is 1. The largest absolute Gasteiger partial charge is 0.474 e. The smallest absolute Gasteiger partial charge is 0.224 e. The van der Waals surface area contributed by atoms with Crippen LogP contribution >= 0.6 is 0 Å². The fraction of sp³-hybridized carbons (Fsp3) is 0.480. The molecule has 176 valence electrons. The summed E-state index contributed by atoms with van der Waals surface area (Å²) in [4.78, 5) is 14.3. The Morgan fingerprint density at radius 3 is 2.55 bits per heavy atom.